The molecule has 0 saturated carbocycles. The predicted octanol–water partition coefficient (Wildman–Crippen LogP) is 3.23. The van der Waals surface area contributed by atoms with Crippen molar-refractivity contribution >= 4 is 45.0 Å². The molecule has 0 bridgehead atoms. The zero-order valence-electron chi connectivity index (χ0n) is 10.1. The van der Waals surface area contributed by atoms with E-state index in [4.69, 9.17) is 5.73 Å². The molecular weight excluding hydrogens is 298 g/mol. The van der Waals surface area contributed by atoms with Gasteiger partial charge in [-0.1, -0.05) is 0 Å². The van der Waals surface area contributed by atoms with Gasteiger partial charge in [0.05, 0.1) is 34.0 Å². The quantitative estimate of drug-likeness (QED) is 0.774. The van der Waals surface area contributed by atoms with Gasteiger partial charge in [-0.2, -0.15) is 4.37 Å². The molecule has 0 aromatic carbocycles. The van der Waals surface area contributed by atoms with Crippen LogP contribution in [0.25, 0.3) is 11.3 Å². The van der Waals surface area contributed by atoms with E-state index in [-0.39, 0.29) is 0 Å². The van der Waals surface area contributed by atoms with Gasteiger partial charge in [0.15, 0.2) is 0 Å². The summed E-state index contributed by atoms with van der Waals surface area (Å²) in [5, 5.41) is 9.31. The molecule has 0 atom stereocenters. The van der Waals surface area contributed by atoms with Gasteiger partial charge in [-0.05, 0) is 18.5 Å². The molecule has 0 aliphatic rings. The highest BCUT2D eigenvalue weighted by atomic mass is 32.1. The lowest BCUT2D eigenvalue weighted by atomic mass is 10.2. The van der Waals surface area contributed by atoms with Gasteiger partial charge in [-0.25, -0.2) is 9.97 Å². The van der Waals surface area contributed by atoms with Crippen LogP contribution in [0.4, 0.5) is 10.8 Å². The highest BCUT2D eigenvalue weighted by molar-refractivity contribution is 7.11. The summed E-state index contributed by atoms with van der Waals surface area (Å²) in [5.41, 5.74) is 10.6. The van der Waals surface area contributed by atoms with E-state index in [0.29, 0.717) is 12.4 Å². The van der Waals surface area contributed by atoms with Gasteiger partial charge in [0, 0.05) is 10.8 Å². The molecule has 98 valence electrons. The van der Waals surface area contributed by atoms with Crippen molar-refractivity contribution < 1.29 is 0 Å². The minimum atomic E-state index is 0.524. The van der Waals surface area contributed by atoms with Gasteiger partial charge in [-0.15, -0.1) is 22.7 Å². The molecule has 0 amide bonds. The summed E-state index contributed by atoms with van der Waals surface area (Å²) in [4.78, 5) is 8.71. The van der Waals surface area contributed by atoms with Crippen LogP contribution in [0, 0.1) is 6.92 Å². The van der Waals surface area contributed by atoms with E-state index in [1.54, 1.807) is 22.7 Å². The number of rotatable bonds is 4. The second kappa shape index (κ2) is 5.24. The van der Waals surface area contributed by atoms with Crippen LogP contribution in [-0.2, 0) is 6.54 Å². The van der Waals surface area contributed by atoms with Crippen molar-refractivity contribution in [1.82, 2.24) is 14.3 Å². The smallest absolute Gasteiger partial charge is 0.148 e. The maximum atomic E-state index is 5.94. The average molecular weight is 309 g/mol. The molecule has 0 aliphatic carbocycles. The summed E-state index contributed by atoms with van der Waals surface area (Å²) in [6.45, 7) is 2.65. The molecule has 0 unspecified atom stereocenters. The van der Waals surface area contributed by atoms with Gasteiger partial charge < -0.3 is 11.1 Å². The third-order valence-electron chi connectivity index (χ3n) is 2.51. The van der Waals surface area contributed by atoms with Crippen LogP contribution in [0.3, 0.4) is 0 Å². The van der Waals surface area contributed by atoms with Crippen LogP contribution in [0.5, 0.6) is 0 Å². The van der Waals surface area contributed by atoms with Crippen LogP contribution in [0.15, 0.2) is 16.3 Å². The third kappa shape index (κ3) is 2.60. The Hall–Kier alpha value is -1.51. The molecule has 3 heterocycles. The average Bonchev–Trinajstić information content (AvgIpc) is 3.08. The highest BCUT2D eigenvalue weighted by Gasteiger charge is 2.16. The Morgan fingerprint density at radius 3 is 2.95 bits per heavy atom. The Balaban J connectivity index is 1.86. The molecule has 0 saturated heterocycles. The van der Waals surface area contributed by atoms with E-state index in [2.05, 4.69) is 19.7 Å². The van der Waals surface area contributed by atoms with Crippen molar-refractivity contribution in [3.63, 3.8) is 0 Å². The number of hydrogen-bond donors (Lipinski definition) is 2. The predicted molar refractivity (Wildman–Crippen MR) is 81.8 cm³/mol. The first-order chi connectivity index (χ1) is 9.24. The van der Waals surface area contributed by atoms with E-state index in [9.17, 15) is 0 Å². The molecule has 3 N–H and O–H groups in total. The number of nitrogen functional groups attached to an aromatic ring is 1. The van der Waals surface area contributed by atoms with Crippen molar-refractivity contribution in [3.8, 4) is 11.3 Å². The Kier molecular flexibility index (Phi) is 3.45. The largest absolute Gasteiger partial charge is 0.382 e. The number of anilines is 2. The summed E-state index contributed by atoms with van der Waals surface area (Å²) in [5.74, 6) is 0.524. The van der Waals surface area contributed by atoms with Crippen molar-refractivity contribution in [3.05, 3.63) is 27.0 Å². The van der Waals surface area contributed by atoms with Gasteiger partial charge in [-0.3, -0.25) is 0 Å². The standard InChI is InChI=1S/C11H11N5S3/c1-6-15-8(4-18-6)9-10(12)16-19-11(9)13-2-7-3-17-5-14-7/h3-5,13H,2H2,1H3,(H2,12,16). The minimum absolute atomic E-state index is 0.524. The van der Waals surface area contributed by atoms with Crippen molar-refractivity contribution in [2.24, 2.45) is 0 Å². The zero-order chi connectivity index (χ0) is 13.2. The van der Waals surface area contributed by atoms with Crippen LogP contribution >= 0.6 is 34.2 Å². The topological polar surface area (TPSA) is 76.7 Å². The normalized spacial score (nSPS) is 10.8. The number of nitrogens with two attached hydrogens (primary N) is 1. The first kappa shape index (κ1) is 12.5. The van der Waals surface area contributed by atoms with E-state index in [1.165, 1.54) is 11.5 Å². The van der Waals surface area contributed by atoms with Gasteiger partial charge in [0.1, 0.15) is 10.8 Å². The van der Waals surface area contributed by atoms with E-state index in [0.717, 1.165) is 27.0 Å². The Morgan fingerprint density at radius 2 is 2.26 bits per heavy atom. The summed E-state index contributed by atoms with van der Waals surface area (Å²) >= 11 is 4.55. The Morgan fingerprint density at radius 1 is 1.37 bits per heavy atom. The number of thiazole rings is 2. The summed E-state index contributed by atoms with van der Waals surface area (Å²) in [7, 11) is 0. The zero-order valence-corrected chi connectivity index (χ0v) is 12.5. The Bertz CT molecular complexity index is 670. The molecular formula is C11H11N5S3. The number of hydrogen-bond acceptors (Lipinski definition) is 8. The molecule has 5 nitrogen and oxygen atoms in total. The highest BCUT2D eigenvalue weighted by Crippen LogP contribution is 2.37. The van der Waals surface area contributed by atoms with Gasteiger partial charge >= 0.3 is 0 Å². The molecule has 0 spiro atoms. The molecule has 3 rings (SSSR count). The minimum Gasteiger partial charge on any atom is -0.382 e. The maximum absolute atomic E-state index is 5.94. The second-order valence-electron chi connectivity index (χ2n) is 3.86. The second-order valence-corrected chi connectivity index (χ2v) is 6.41. The molecule has 0 radical (unpaired) electrons. The lowest BCUT2D eigenvalue weighted by Crippen LogP contribution is -1.99. The first-order valence-electron chi connectivity index (χ1n) is 5.52. The maximum Gasteiger partial charge on any atom is 0.148 e. The summed E-state index contributed by atoms with van der Waals surface area (Å²) < 4.78 is 4.21. The van der Waals surface area contributed by atoms with Gasteiger partial charge in [0.25, 0.3) is 0 Å². The van der Waals surface area contributed by atoms with Crippen molar-refractivity contribution in [2.45, 2.75) is 13.5 Å². The summed E-state index contributed by atoms with van der Waals surface area (Å²) in [6, 6.07) is 0. The van der Waals surface area contributed by atoms with Crippen molar-refractivity contribution in [1.29, 1.82) is 0 Å². The fourth-order valence-corrected chi connectivity index (χ4v) is 3.52. The first-order valence-corrected chi connectivity index (χ1v) is 8.12. The molecule has 0 aliphatic heterocycles. The van der Waals surface area contributed by atoms with E-state index >= 15 is 0 Å². The molecule has 8 heteroatoms. The fourth-order valence-electron chi connectivity index (χ4n) is 1.64. The van der Waals surface area contributed by atoms with E-state index < -0.39 is 0 Å². The number of nitrogens with one attached hydrogen (secondary N) is 1. The lowest BCUT2D eigenvalue weighted by molar-refractivity contribution is 1.08. The van der Waals surface area contributed by atoms with Crippen molar-refractivity contribution in [2.75, 3.05) is 11.1 Å². The fraction of sp³-hybridized carbons (Fsp3) is 0.182. The molecule has 0 fully saturated rings. The Labute approximate surface area is 122 Å². The molecule has 3 aromatic rings. The number of nitrogens with zero attached hydrogens (tertiary/aromatic N) is 3. The SMILES string of the molecule is Cc1nc(-c2c(N)nsc2NCc2cscn2)cs1. The van der Waals surface area contributed by atoms with Crippen LogP contribution in [0.1, 0.15) is 10.7 Å². The van der Waals surface area contributed by atoms with Crippen LogP contribution in [-0.4, -0.2) is 14.3 Å². The number of aromatic nitrogens is 3. The van der Waals surface area contributed by atoms with E-state index in [1.807, 2.05) is 23.2 Å². The van der Waals surface area contributed by atoms with Crippen LogP contribution in [0.2, 0.25) is 0 Å². The lowest BCUT2D eigenvalue weighted by Gasteiger charge is -2.03. The van der Waals surface area contributed by atoms with Crippen LogP contribution < -0.4 is 11.1 Å². The summed E-state index contributed by atoms with van der Waals surface area (Å²) in [6.07, 6.45) is 0. The molecule has 3 aromatic heterocycles. The third-order valence-corrected chi connectivity index (χ3v) is 4.73. The van der Waals surface area contributed by atoms with Gasteiger partial charge in [0.2, 0.25) is 0 Å². The number of aryl methyl sites for hydroxylation is 1. The molecule has 19 heavy (non-hydrogen) atoms. The monoisotopic (exact) mass is 309 g/mol.